The molecule has 1 amide bonds. The summed E-state index contributed by atoms with van der Waals surface area (Å²) < 4.78 is 51.4. The largest absolute Gasteiger partial charge is 0.468 e. The number of ether oxygens (including phenoxy) is 3. The van der Waals surface area contributed by atoms with Gasteiger partial charge in [-0.15, -0.1) is 0 Å². The van der Waals surface area contributed by atoms with Gasteiger partial charge in [-0.3, -0.25) is 9.69 Å². The summed E-state index contributed by atoms with van der Waals surface area (Å²) in [6.45, 7) is 1.58. The topological polar surface area (TPSA) is 90.0 Å². The van der Waals surface area contributed by atoms with E-state index in [0.717, 1.165) is 51.0 Å². The van der Waals surface area contributed by atoms with Gasteiger partial charge in [0.05, 0.1) is 18.8 Å². The first-order chi connectivity index (χ1) is 15.3. The van der Waals surface area contributed by atoms with Crippen molar-refractivity contribution < 1.29 is 37.0 Å². The zero-order chi connectivity index (χ0) is 23.0. The maximum Gasteiger partial charge on any atom is 0.422 e. The molecule has 1 saturated heterocycles. The number of hydrogen-bond donors (Lipinski definition) is 1. The van der Waals surface area contributed by atoms with Crippen LogP contribution >= 0.6 is 0 Å². The van der Waals surface area contributed by atoms with Gasteiger partial charge in [0.25, 0.3) is 5.91 Å². The molecule has 2 aliphatic rings. The van der Waals surface area contributed by atoms with Crippen LogP contribution < -0.4 is 10.1 Å². The van der Waals surface area contributed by atoms with Crippen molar-refractivity contribution in [2.24, 2.45) is 0 Å². The number of carbonyl (C=O) groups is 2. The lowest BCUT2D eigenvalue weighted by Gasteiger charge is -2.48. The van der Waals surface area contributed by atoms with Crippen LogP contribution in [0, 0.1) is 0 Å². The maximum absolute atomic E-state index is 12.3. The molecule has 0 unspecified atom stereocenters. The number of amides is 1. The van der Waals surface area contributed by atoms with E-state index in [1.807, 2.05) is 0 Å². The molecule has 0 atom stereocenters. The van der Waals surface area contributed by atoms with E-state index in [0.29, 0.717) is 19.8 Å². The number of alkyl halides is 3. The van der Waals surface area contributed by atoms with E-state index in [9.17, 15) is 22.8 Å². The van der Waals surface area contributed by atoms with E-state index in [4.69, 9.17) is 9.47 Å². The van der Waals surface area contributed by atoms with E-state index in [-0.39, 0.29) is 17.0 Å². The first kappa shape index (κ1) is 24.2. The molecular formula is C21H28F3N3O5. The van der Waals surface area contributed by atoms with Crippen molar-refractivity contribution in [1.82, 2.24) is 15.2 Å². The number of morpholine rings is 1. The van der Waals surface area contributed by atoms with Crippen LogP contribution in [0.15, 0.2) is 18.3 Å². The molecule has 1 saturated carbocycles. The number of pyridine rings is 1. The fourth-order valence-electron chi connectivity index (χ4n) is 4.12. The molecule has 178 valence electrons. The first-order valence-electron chi connectivity index (χ1n) is 10.7. The van der Waals surface area contributed by atoms with Gasteiger partial charge < -0.3 is 19.5 Å². The molecule has 0 spiro atoms. The predicted octanol–water partition coefficient (Wildman–Crippen LogP) is 2.33. The average molecular weight is 459 g/mol. The van der Waals surface area contributed by atoms with Crippen molar-refractivity contribution in [2.75, 3.05) is 46.1 Å². The normalized spacial score (nSPS) is 19.2. The van der Waals surface area contributed by atoms with Gasteiger partial charge in [0.1, 0.15) is 0 Å². The van der Waals surface area contributed by atoms with Gasteiger partial charge in [-0.1, -0.05) is 19.3 Å². The Balaban J connectivity index is 1.45. The van der Waals surface area contributed by atoms with Gasteiger partial charge in [0.2, 0.25) is 5.88 Å². The highest BCUT2D eigenvalue weighted by Gasteiger charge is 2.38. The molecular weight excluding hydrogens is 431 g/mol. The molecule has 0 bridgehead atoms. The van der Waals surface area contributed by atoms with Crippen LogP contribution in [-0.4, -0.2) is 79.5 Å². The zero-order valence-corrected chi connectivity index (χ0v) is 17.8. The Hall–Kier alpha value is -2.40. The van der Waals surface area contributed by atoms with Crippen LogP contribution in [0.4, 0.5) is 13.2 Å². The molecule has 1 N–H and O–H groups in total. The number of aromatic nitrogens is 1. The van der Waals surface area contributed by atoms with Crippen LogP contribution in [-0.2, 0) is 14.3 Å². The zero-order valence-electron chi connectivity index (χ0n) is 17.8. The molecule has 2 fully saturated rings. The number of nitrogens with one attached hydrogen (secondary N) is 1. The van der Waals surface area contributed by atoms with E-state index in [1.165, 1.54) is 12.5 Å². The van der Waals surface area contributed by atoms with Crippen LogP contribution in [0.25, 0.3) is 0 Å². The lowest BCUT2D eigenvalue weighted by Crippen LogP contribution is -2.59. The molecule has 11 heteroatoms. The highest BCUT2D eigenvalue weighted by molar-refractivity contribution is 5.91. The van der Waals surface area contributed by atoms with Gasteiger partial charge in [0, 0.05) is 37.4 Å². The standard InChI is InChI=1S/C21H28F3N3O5/c22-21(23,24)15-32-18-5-4-16(12-25-18)19(29)31-13-17(28)26-14-20(6-2-1-3-7-20)27-8-10-30-11-9-27/h4-5,12H,1-3,6-11,13-15H2,(H,26,28). The van der Waals surface area contributed by atoms with E-state index >= 15 is 0 Å². The van der Waals surface area contributed by atoms with Crippen molar-refractivity contribution in [3.8, 4) is 5.88 Å². The highest BCUT2D eigenvalue weighted by atomic mass is 19.4. The van der Waals surface area contributed by atoms with Crippen molar-refractivity contribution in [3.05, 3.63) is 23.9 Å². The minimum atomic E-state index is -4.48. The molecule has 3 rings (SSSR count). The van der Waals surface area contributed by atoms with Gasteiger partial charge >= 0.3 is 12.1 Å². The summed E-state index contributed by atoms with van der Waals surface area (Å²) in [6, 6.07) is 2.37. The van der Waals surface area contributed by atoms with E-state index in [1.54, 1.807) is 0 Å². The summed E-state index contributed by atoms with van der Waals surface area (Å²) in [5.74, 6) is -1.47. The van der Waals surface area contributed by atoms with Gasteiger partial charge in [-0.25, -0.2) is 9.78 Å². The van der Waals surface area contributed by atoms with Crippen LogP contribution in [0.5, 0.6) is 5.88 Å². The van der Waals surface area contributed by atoms with Crippen molar-refractivity contribution in [3.63, 3.8) is 0 Å². The van der Waals surface area contributed by atoms with Gasteiger partial charge in [0.15, 0.2) is 13.2 Å². The summed E-state index contributed by atoms with van der Waals surface area (Å²) in [7, 11) is 0. The summed E-state index contributed by atoms with van der Waals surface area (Å²) in [4.78, 5) is 30.5. The summed E-state index contributed by atoms with van der Waals surface area (Å²) in [6.07, 6.45) is 1.97. The first-order valence-corrected chi connectivity index (χ1v) is 10.7. The second kappa shape index (κ2) is 11.0. The quantitative estimate of drug-likeness (QED) is 0.597. The number of carbonyl (C=O) groups excluding carboxylic acids is 2. The summed E-state index contributed by atoms with van der Waals surface area (Å²) >= 11 is 0. The molecule has 1 aromatic heterocycles. The molecule has 1 aliphatic carbocycles. The molecule has 0 radical (unpaired) electrons. The maximum atomic E-state index is 12.3. The third kappa shape index (κ3) is 7.06. The monoisotopic (exact) mass is 459 g/mol. The van der Waals surface area contributed by atoms with Crippen molar-refractivity contribution in [1.29, 1.82) is 0 Å². The second-order valence-electron chi connectivity index (χ2n) is 8.03. The average Bonchev–Trinajstić information content (AvgIpc) is 2.81. The fraction of sp³-hybridized carbons (Fsp3) is 0.667. The molecule has 0 aromatic carbocycles. The smallest absolute Gasteiger partial charge is 0.422 e. The number of nitrogens with zero attached hydrogens (tertiary/aromatic N) is 2. The lowest BCUT2D eigenvalue weighted by molar-refractivity contribution is -0.154. The number of halogens is 3. The van der Waals surface area contributed by atoms with Crippen LogP contribution in [0.2, 0.25) is 0 Å². The Labute approximate surface area is 184 Å². The SMILES string of the molecule is O=C(COC(=O)c1ccc(OCC(F)(F)F)nc1)NCC1(N2CCOCC2)CCCCC1. The third-order valence-corrected chi connectivity index (χ3v) is 5.77. The highest BCUT2D eigenvalue weighted by Crippen LogP contribution is 2.33. The second-order valence-corrected chi connectivity index (χ2v) is 8.03. The van der Waals surface area contributed by atoms with Crippen molar-refractivity contribution in [2.45, 2.75) is 43.8 Å². The minimum absolute atomic E-state index is 0.00854. The number of rotatable bonds is 8. The van der Waals surface area contributed by atoms with E-state index in [2.05, 4.69) is 19.9 Å². The summed E-state index contributed by atoms with van der Waals surface area (Å²) in [5.41, 5.74) is -0.0908. The lowest BCUT2D eigenvalue weighted by atomic mass is 9.79. The molecule has 32 heavy (non-hydrogen) atoms. The fourth-order valence-corrected chi connectivity index (χ4v) is 4.12. The predicted molar refractivity (Wildman–Crippen MR) is 107 cm³/mol. The Kier molecular flexibility index (Phi) is 8.30. The third-order valence-electron chi connectivity index (χ3n) is 5.77. The van der Waals surface area contributed by atoms with Crippen molar-refractivity contribution >= 4 is 11.9 Å². The molecule has 1 aromatic rings. The molecule has 1 aliphatic heterocycles. The van der Waals surface area contributed by atoms with Crippen LogP contribution in [0.1, 0.15) is 42.5 Å². The Morgan fingerprint density at radius 3 is 2.50 bits per heavy atom. The van der Waals surface area contributed by atoms with Gasteiger partial charge in [-0.05, 0) is 18.9 Å². The summed E-state index contributed by atoms with van der Waals surface area (Å²) in [5, 5.41) is 2.90. The molecule has 2 heterocycles. The Morgan fingerprint density at radius 1 is 1.16 bits per heavy atom. The Morgan fingerprint density at radius 2 is 1.88 bits per heavy atom. The van der Waals surface area contributed by atoms with E-state index < -0.39 is 31.3 Å². The number of esters is 1. The Bertz CT molecular complexity index is 761. The minimum Gasteiger partial charge on any atom is -0.468 e. The van der Waals surface area contributed by atoms with Gasteiger partial charge in [-0.2, -0.15) is 13.2 Å². The van der Waals surface area contributed by atoms with Crippen LogP contribution in [0.3, 0.4) is 0 Å². The number of hydrogen-bond acceptors (Lipinski definition) is 7. The molecule has 8 nitrogen and oxygen atoms in total.